The van der Waals surface area contributed by atoms with Gasteiger partial charge in [-0.05, 0) is 30.7 Å². The predicted octanol–water partition coefficient (Wildman–Crippen LogP) is 1.14. The van der Waals surface area contributed by atoms with Crippen LogP contribution in [0, 0.1) is 5.82 Å². The first-order valence-corrected chi connectivity index (χ1v) is 6.89. The molecule has 5 nitrogen and oxygen atoms in total. The van der Waals surface area contributed by atoms with Crippen molar-refractivity contribution in [3.8, 4) is 11.3 Å². The summed E-state index contributed by atoms with van der Waals surface area (Å²) >= 11 is 0. The number of aromatic nitrogens is 2. The van der Waals surface area contributed by atoms with E-state index in [2.05, 4.69) is 10.2 Å². The highest BCUT2D eigenvalue weighted by Gasteiger charge is 2.22. The zero-order chi connectivity index (χ0) is 14.8. The number of aliphatic hydroxyl groups is 1. The SMILES string of the molecule is O=C(CO)N1CCc2[nH]nc(-c3ccc(F)cc3)c2CC1. The third-order valence-corrected chi connectivity index (χ3v) is 3.82. The first-order valence-electron chi connectivity index (χ1n) is 6.89. The standard InChI is InChI=1S/C15H16FN3O2/c16-11-3-1-10(2-4-11)15-12-5-7-19(14(21)9-20)8-6-13(12)17-18-15/h1-4,20H,5-9H2,(H,17,18). The molecule has 2 aromatic rings. The summed E-state index contributed by atoms with van der Waals surface area (Å²) in [5, 5.41) is 16.3. The highest BCUT2D eigenvalue weighted by molar-refractivity contribution is 5.77. The molecule has 21 heavy (non-hydrogen) atoms. The second kappa shape index (κ2) is 5.65. The quantitative estimate of drug-likeness (QED) is 0.871. The van der Waals surface area contributed by atoms with Crippen molar-refractivity contribution >= 4 is 5.91 Å². The third-order valence-electron chi connectivity index (χ3n) is 3.82. The largest absolute Gasteiger partial charge is 0.387 e. The summed E-state index contributed by atoms with van der Waals surface area (Å²) in [6.07, 6.45) is 1.35. The summed E-state index contributed by atoms with van der Waals surface area (Å²) in [7, 11) is 0. The number of carbonyl (C=O) groups is 1. The van der Waals surface area contributed by atoms with Crippen molar-refractivity contribution in [2.24, 2.45) is 0 Å². The molecule has 0 atom stereocenters. The molecule has 1 amide bonds. The Labute approximate surface area is 121 Å². The lowest BCUT2D eigenvalue weighted by molar-refractivity contribution is -0.134. The molecule has 0 radical (unpaired) electrons. The van der Waals surface area contributed by atoms with Gasteiger partial charge < -0.3 is 10.0 Å². The molecule has 0 saturated carbocycles. The van der Waals surface area contributed by atoms with Gasteiger partial charge >= 0.3 is 0 Å². The molecular formula is C15H16FN3O2. The second-order valence-electron chi connectivity index (χ2n) is 5.08. The Kier molecular flexibility index (Phi) is 3.70. The molecule has 1 aromatic carbocycles. The number of rotatable bonds is 2. The van der Waals surface area contributed by atoms with E-state index in [0.29, 0.717) is 25.9 Å². The van der Waals surface area contributed by atoms with Crippen molar-refractivity contribution in [2.45, 2.75) is 12.8 Å². The van der Waals surface area contributed by atoms with Crippen LogP contribution in [0.2, 0.25) is 0 Å². The monoisotopic (exact) mass is 289 g/mol. The second-order valence-corrected chi connectivity index (χ2v) is 5.08. The molecule has 0 spiro atoms. The summed E-state index contributed by atoms with van der Waals surface area (Å²) in [5.74, 6) is -0.531. The lowest BCUT2D eigenvalue weighted by Gasteiger charge is -2.18. The van der Waals surface area contributed by atoms with Crippen molar-refractivity contribution in [1.82, 2.24) is 15.1 Å². The number of hydrogen-bond donors (Lipinski definition) is 2. The molecule has 2 heterocycles. The third kappa shape index (κ3) is 2.67. The molecule has 1 aliphatic rings. The van der Waals surface area contributed by atoms with Crippen LogP contribution in [0.4, 0.5) is 4.39 Å². The van der Waals surface area contributed by atoms with E-state index in [4.69, 9.17) is 5.11 Å². The van der Waals surface area contributed by atoms with E-state index in [0.717, 1.165) is 22.5 Å². The van der Waals surface area contributed by atoms with Crippen molar-refractivity contribution in [1.29, 1.82) is 0 Å². The average molecular weight is 289 g/mol. The summed E-state index contributed by atoms with van der Waals surface area (Å²) in [4.78, 5) is 13.2. The molecule has 0 bridgehead atoms. The van der Waals surface area contributed by atoms with E-state index >= 15 is 0 Å². The molecular weight excluding hydrogens is 273 g/mol. The number of nitrogens with zero attached hydrogens (tertiary/aromatic N) is 2. The van der Waals surface area contributed by atoms with E-state index in [1.54, 1.807) is 17.0 Å². The van der Waals surface area contributed by atoms with Gasteiger partial charge in [0.15, 0.2) is 0 Å². The topological polar surface area (TPSA) is 69.2 Å². The molecule has 1 aliphatic heterocycles. The van der Waals surface area contributed by atoms with Crippen LogP contribution in [0.15, 0.2) is 24.3 Å². The number of amides is 1. The summed E-state index contributed by atoms with van der Waals surface area (Å²) in [5.41, 5.74) is 3.73. The van der Waals surface area contributed by atoms with Crippen molar-refractivity contribution in [2.75, 3.05) is 19.7 Å². The van der Waals surface area contributed by atoms with E-state index in [9.17, 15) is 9.18 Å². The van der Waals surface area contributed by atoms with Crippen LogP contribution in [-0.2, 0) is 17.6 Å². The Morgan fingerprint density at radius 3 is 2.71 bits per heavy atom. The summed E-state index contributed by atoms with van der Waals surface area (Å²) < 4.78 is 13.0. The van der Waals surface area contributed by atoms with Gasteiger partial charge in [-0.25, -0.2) is 4.39 Å². The first-order chi connectivity index (χ1) is 10.2. The van der Waals surface area contributed by atoms with E-state index < -0.39 is 6.61 Å². The minimum absolute atomic E-state index is 0.253. The molecule has 2 N–H and O–H groups in total. The van der Waals surface area contributed by atoms with Crippen molar-refractivity contribution in [3.05, 3.63) is 41.3 Å². The van der Waals surface area contributed by atoms with Crippen LogP contribution in [0.3, 0.4) is 0 Å². The zero-order valence-electron chi connectivity index (χ0n) is 11.5. The van der Waals surface area contributed by atoms with Gasteiger partial charge in [-0.1, -0.05) is 0 Å². The average Bonchev–Trinajstić information content (AvgIpc) is 2.79. The van der Waals surface area contributed by atoms with Gasteiger partial charge in [-0.15, -0.1) is 0 Å². The van der Waals surface area contributed by atoms with Gasteiger partial charge in [0.2, 0.25) is 5.91 Å². The van der Waals surface area contributed by atoms with Crippen molar-refractivity contribution in [3.63, 3.8) is 0 Å². The minimum atomic E-state index is -0.461. The number of benzene rings is 1. The highest BCUT2D eigenvalue weighted by atomic mass is 19.1. The van der Waals surface area contributed by atoms with Gasteiger partial charge in [0.05, 0.1) is 5.69 Å². The van der Waals surface area contributed by atoms with E-state index in [1.807, 2.05) is 0 Å². The lowest BCUT2D eigenvalue weighted by Crippen LogP contribution is -2.35. The molecule has 0 saturated heterocycles. The Hall–Kier alpha value is -2.21. The number of carbonyl (C=O) groups excluding carboxylic acids is 1. The fourth-order valence-corrected chi connectivity index (χ4v) is 2.68. The maximum absolute atomic E-state index is 13.0. The van der Waals surface area contributed by atoms with Crippen LogP contribution < -0.4 is 0 Å². The van der Waals surface area contributed by atoms with Crippen molar-refractivity contribution < 1.29 is 14.3 Å². The van der Waals surface area contributed by atoms with Gasteiger partial charge in [0.25, 0.3) is 0 Å². The fourth-order valence-electron chi connectivity index (χ4n) is 2.68. The number of H-pyrrole nitrogens is 1. The fraction of sp³-hybridized carbons (Fsp3) is 0.333. The van der Waals surface area contributed by atoms with Crippen LogP contribution in [0.25, 0.3) is 11.3 Å². The highest BCUT2D eigenvalue weighted by Crippen LogP contribution is 2.26. The molecule has 0 aliphatic carbocycles. The Morgan fingerprint density at radius 1 is 1.29 bits per heavy atom. The van der Waals surface area contributed by atoms with E-state index in [-0.39, 0.29) is 11.7 Å². The lowest BCUT2D eigenvalue weighted by atomic mass is 10.0. The van der Waals surface area contributed by atoms with Gasteiger partial charge in [0.1, 0.15) is 12.4 Å². The Morgan fingerprint density at radius 2 is 2.00 bits per heavy atom. The molecule has 3 rings (SSSR count). The Bertz CT molecular complexity index is 651. The molecule has 1 aromatic heterocycles. The van der Waals surface area contributed by atoms with Gasteiger partial charge in [-0.2, -0.15) is 5.10 Å². The van der Waals surface area contributed by atoms with Gasteiger partial charge in [0, 0.05) is 36.3 Å². The van der Waals surface area contributed by atoms with Crippen LogP contribution in [0.5, 0.6) is 0 Å². The summed E-state index contributed by atoms with van der Waals surface area (Å²) in [6, 6.07) is 6.23. The maximum atomic E-state index is 13.0. The maximum Gasteiger partial charge on any atom is 0.248 e. The van der Waals surface area contributed by atoms with Crippen LogP contribution in [-0.4, -0.2) is 45.8 Å². The normalized spacial score (nSPS) is 14.7. The molecule has 110 valence electrons. The zero-order valence-corrected chi connectivity index (χ0v) is 11.5. The van der Waals surface area contributed by atoms with Crippen LogP contribution >= 0.6 is 0 Å². The van der Waals surface area contributed by atoms with E-state index in [1.165, 1.54) is 12.1 Å². The number of nitrogens with one attached hydrogen (secondary N) is 1. The molecule has 0 fully saturated rings. The molecule has 0 unspecified atom stereocenters. The number of aromatic amines is 1. The number of halogens is 1. The number of fused-ring (bicyclic) bond motifs is 1. The minimum Gasteiger partial charge on any atom is -0.387 e. The predicted molar refractivity (Wildman–Crippen MR) is 75.1 cm³/mol. The van der Waals surface area contributed by atoms with Crippen LogP contribution in [0.1, 0.15) is 11.3 Å². The number of aliphatic hydroxyl groups excluding tert-OH is 1. The number of hydrogen-bond acceptors (Lipinski definition) is 3. The summed E-state index contributed by atoms with van der Waals surface area (Å²) in [6.45, 7) is 0.661. The molecule has 6 heteroatoms. The van der Waals surface area contributed by atoms with Gasteiger partial charge in [-0.3, -0.25) is 9.89 Å². The first kappa shape index (κ1) is 13.8. The smallest absolute Gasteiger partial charge is 0.248 e. The Balaban J connectivity index is 1.87.